The van der Waals surface area contributed by atoms with E-state index in [1.54, 1.807) is 0 Å². The third kappa shape index (κ3) is 2.10. The second kappa shape index (κ2) is 4.44. The molecule has 1 saturated carbocycles. The Morgan fingerprint density at radius 2 is 2.19 bits per heavy atom. The van der Waals surface area contributed by atoms with E-state index in [1.807, 2.05) is 23.5 Å². The molecular formula is C11H18N2OS2. The van der Waals surface area contributed by atoms with Crippen LogP contribution in [0, 0.1) is 0 Å². The Kier molecular flexibility index (Phi) is 3.13. The lowest BCUT2D eigenvalue weighted by Crippen LogP contribution is -2.43. The number of nitrogens with one attached hydrogen (secondary N) is 2. The van der Waals surface area contributed by atoms with Crippen molar-refractivity contribution in [2.45, 2.75) is 47.4 Å². The molecule has 0 spiro atoms. The van der Waals surface area contributed by atoms with Crippen LogP contribution >= 0.6 is 23.5 Å². The first-order chi connectivity index (χ1) is 7.72. The first-order valence-corrected chi connectivity index (χ1v) is 7.87. The number of thioether (sulfide) groups is 2. The summed E-state index contributed by atoms with van der Waals surface area (Å²) in [7, 11) is 0. The van der Waals surface area contributed by atoms with Crippen LogP contribution in [-0.4, -0.2) is 39.0 Å². The lowest BCUT2D eigenvalue weighted by atomic mass is 9.93. The highest BCUT2D eigenvalue weighted by Gasteiger charge is 2.42. The average Bonchev–Trinajstić information content (AvgIpc) is 2.83. The monoisotopic (exact) mass is 258 g/mol. The Hall–Kier alpha value is 0.160. The highest BCUT2D eigenvalue weighted by atomic mass is 32.2. The van der Waals surface area contributed by atoms with Gasteiger partial charge in [0.05, 0.1) is 16.9 Å². The van der Waals surface area contributed by atoms with Crippen LogP contribution in [0.1, 0.15) is 19.3 Å². The van der Waals surface area contributed by atoms with Crippen LogP contribution in [0.25, 0.3) is 0 Å². The Balaban J connectivity index is 1.61. The Morgan fingerprint density at radius 1 is 1.31 bits per heavy atom. The van der Waals surface area contributed by atoms with Gasteiger partial charge in [-0.25, -0.2) is 0 Å². The molecule has 3 aliphatic rings. The molecule has 2 aliphatic heterocycles. The molecule has 3 N–H and O–H groups in total. The van der Waals surface area contributed by atoms with Gasteiger partial charge in [-0.15, -0.1) is 23.5 Å². The topological polar surface area (TPSA) is 44.3 Å². The minimum Gasteiger partial charge on any atom is -0.393 e. The number of hydrogen-bond donors (Lipinski definition) is 3. The van der Waals surface area contributed by atoms with Crippen molar-refractivity contribution in [2.24, 2.45) is 0 Å². The van der Waals surface area contributed by atoms with Gasteiger partial charge in [0.1, 0.15) is 0 Å². The van der Waals surface area contributed by atoms with Crippen molar-refractivity contribution in [2.75, 3.05) is 5.75 Å². The van der Waals surface area contributed by atoms with Crippen molar-refractivity contribution < 1.29 is 5.11 Å². The van der Waals surface area contributed by atoms with Crippen LogP contribution in [0.3, 0.4) is 0 Å². The molecule has 16 heavy (non-hydrogen) atoms. The van der Waals surface area contributed by atoms with Crippen molar-refractivity contribution in [1.82, 2.24) is 10.6 Å². The normalized spacial score (nSPS) is 47.8. The molecule has 0 bridgehead atoms. The lowest BCUT2D eigenvalue weighted by molar-refractivity contribution is 0.123. The zero-order chi connectivity index (χ0) is 11.1. The molecule has 5 atom stereocenters. The number of rotatable bonds is 1. The third-order valence-corrected chi connectivity index (χ3v) is 6.53. The Bertz CT molecular complexity index is 300. The lowest BCUT2D eigenvalue weighted by Gasteiger charge is -2.27. The minimum absolute atomic E-state index is 0.0755. The summed E-state index contributed by atoms with van der Waals surface area (Å²) in [6, 6.07) is 0.606. The van der Waals surface area contributed by atoms with Gasteiger partial charge in [0.15, 0.2) is 0 Å². The van der Waals surface area contributed by atoms with Crippen LogP contribution < -0.4 is 10.6 Å². The van der Waals surface area contributed by atoms with Gasteiger partial charge in [-0.05, 0) is 19.3 Å². The first kappa shape index (κ1) is 11.3. The van der Waals surface area contributed by atoms with Gasteiger partial charge in [0.25, 0.3) is 0 Å². The highest BCUT2D eigenvalue weighted by molar-refractivity contribution is 8.04. The molecule has 2 saturated heterocycles. The summed E-state index contributed by atoms with van der Waals surface area (Å²) < 4.78 is 0. The van der Waals surface area contributed by atoms with Gasteiger partial charge in [-0.3, -0.25) is 5.32 Å². The molecular weight excluding hydrogens is 240 g/mol. The summed E-state index contributed by atoms with van der Waals surface area (Å²) in [5, 5.41) is 18.4. The van der Waals surface area contributed by atoms with Crippen molar-refractivity contribution in [3.8, 4) is 0 Å². The molecule has 5 unspecified atom stereocenters. The summed E-state index contributed by atoms with van der Waals surface area (Å²) in [6.07, 6.45) is 2.96. The smallest absolute Gasteiger partial charge is 0.0973 e. The zero-order valence-corrected chi connectivity index (χ0v) is 10.8. The molecule has 3 rings (SSSR count). The predicted octanol–water partition coefficient (Wildman–Crippen LogP) is 1.11. The van der Waals surface area contributed by atoms with Crippen LogP contribution in [0.4, 0.5) is 0 Å². The van der Waals surface area contributed by atoms with Crippen molar-refractivity contribution in [3.05, 3.63) is 12.3 Å². The average molecular weight is 258 g/mol. The second-order valence-electron chi connectivity index (χ2n) is 4.81. The molecule has 0 aromatic carbocycles. The highest BCUT2D eigenvalue weighted by Crippen LogP contribution is 2.41. The van der Waals surface area contributed by atoms with Crippen LogP contribution in [-0.2, 0) is 0 Å². The molecule has 90 valence electrons. The van der Waals surface area contributed by atoms with E-state index in [1.165, 1.54) is 0 Å². The van der Waals surface area contributed by atoms with Crippen molar-refractivity contribution >= 4 is 23.5 Å². The van der Waals surface area contributed by atoms with Crippen LogP contribution in [0.2, 0.25) is 0 Å². The zero-order valence-electron chi connectivity index (χ0n) is 9.19. The van der Waals surface area contributed by atoms with E-state index >= 15 is 0 Å². The van der Waals surface area contributed by atoms with E-state index in [0.29, 0.717) is 22.0 Å². The third-order valence-electron chi connectivity index (χ3n) is 3.52. The fourth-order valence-electron chi connectivity index (χ4n) is 2.68. The molecule has 1 aliphatic carbocycles. The Labute approximate surface area is 105 Å². The maximum absolute atomic E-state index is 9.67. The summed E-state index contributed by atoms with van der Waals surface area (Å²) in [5.41, 5.74) is 1.15. The SMILES string of the molecule is C=C1CSC(C2NC3CCC(O)CC3S2)N1. The Morgan fingerprint density at radius 3 is 2.94 bits per heavy atom. The standard InChI is InChI=1S/C11H18N2OS2/c1-6-5-15-10(12-6)11-13-8-3-2-7(14)4-9(8)16-11/h7-14H,1-5H2. The molecule has 0 radical (unpaired) electrons. The van der Waals surface area contributed by atoms with E-state index in [-0.39, 0.29) is 6.10 Å². The van der Waals surface area contributed by atoms with Crippen molar-refractivity contribution in [1.29, 1.82) is 0 Å². The number of aliphatic hydroxyl groups excluding tert-OH is 1. The molecule has 3 fully saturated rings. The molecule has 2 heterocycles. The maximum Gasteiger partial charge on any atom is 0.0973 e. The van der Waals surface area contributed by atoms with Gasteiger partial charge in [-0.1, -0.05) is 6.58 Å². The van der Waals surface area contributed by atoms with Gasteiger partial charge in [0, 0.05) is 22.7 Å². The quantitative estimate of drug-likeness (QED) is 0.657. The van der Waals surface area contributed by atoms with Gasteiger partial charge >= 0.3 is 0 Å². The largest absolute Gasteiger partial charge is 0.393 e. The van der Waals surface area contributed by atoms with Crippen LogP contribution in [0.15, 0.2) is 12.3 Å². The summed E-state index contributed by atoms with van der Waals surface area (Å²) in [4.78, 5) is 0. The summed E-state index contributed by atoms with van der Waals surface area (Å²) in [6.45, 7) is 3.97. The fourth-order valence-corrected chi connectivity index (χ4v) is 5.66. The van der Waals surface area contributed by atoms with Crippen LogP contribution in [0.5, 0.6) is 0 Å². The van der Waals surface area contributed by atoms with E-state index in [2.05, 4.69) is 17.2 Å². The number of aliphatic hydroxyl groups is 1. The van der Waals surface area contributed by atoms with Gasteiger partial charge in [-0.2, -0.15) is 0 Å². The summed E-state index contributed by atoms with van der Waals surface area (Å²) >= 11 is 3.94. The number of fused-ring (bicyclic) bond motifs is 1. The molecule has 0 aromatic rings. The van der Waals surface area contributed by atoms with Gasteiger partial charge in [0.2, 0.25) is 0 Å². The van der Waals surface area contributed by atoms with E-state index in [9.17, 15) is 5.11 Å². The summed E-state index contributed by atoms with van der Waals surface area (Å²) in [5.74, 6) is 1.03. The molecule has 0 aromatic heterocycles. The maximum atomic E-state index is 9.67. The predicted molar refractivity (Wildman–Crippen MR) is 70.5 cm³/mol. The number of hydrogen-bond acceptors (Lipinski definition) is 5. The minimum atomic E-state index is -0.0755. The second-order valence-corrected chi connectivity index (χ2v) is 7.33. The van der Waals surface area contributed by atoms with Crippen molar-refractivity contribution in [3.63, 3.8) is 0 Å². The van der Waals surface area contributed by atoms with E-state index in [0.717, 1.165) is 30.7 Å². The van der Waals surface area contributed by atoms with E-state index in [4.69, 9.17) is 0 Å². The van der Waals surface area contributed by atoms with Gasteiger partial charge < -0.3 is 10.4 Å². The first-order valence-electron chi connectivity index (χ1n) is 5.88. The fraction of sp³-hybridized carbons (Fsp3) is 0.818. The molecule has 3 nitrogen and oxygen atoms in total. The van der Waals surface area contributed by atoms with E-state index < -0.39 is 0 Å². The molecule has 5 heteroatoms. The molecule has 0 amide bonds.